The highest BCUT2D eigenvalue weighted by Gasteiger charge is 2.26. The summed E-state index contributed by atoms with van der Waals surface area (Å²) in [5.41, 5.74) is 4.31. The summed E-state index contributed by atoms with van der Waals surface area (Å²) in [5.74, 6) is 0.465. The van der Waals surface area contributed by atoms with E-state index in [1.54, 1.807) is 30.2 Å². The van der Waals surface area contributed by atoms with Crippen molar-refractivity contribution in [1.29, 1.82) is 0 Å². The average molecular weight is 430 g/mol. The Morgan fingerprint density at radius 2 is 1.75 bits per heavy atom. The SMILES string of the molecule is COc1cccc(NC(=O)c2ccc(N3CCCN(Cc4ccc(C)cc4)C3=O)cc2)c1. The van der Waals surface area contributed by atoms with E-state index < -0.39 is 0 Å². The van der Waals surface area contributed by atoms with Crippen molar-refractivity contribution in [1.82, 2.24) is 4.90 Å². The number of amides is 3. The number of nitrogens with one attached hydrogen (secondary N) is 1. The van der Waals surface area contributed by atoms with Crippen LogP contribution >= 0.6 is 0 Å². The van der Waals surface area contributed by atoms with E-state index in [-0.39, 0.29) is 11.9 Å². The Hall–Kier alpha value is -3.80. The third kappa shape index (κ3) is 4.91. The standard InChI is InChI=1S/C26H27N3O3/c1-19-7-9-20(10-8-19)18-28-15-4-16-29(26(28)31)23-13-11-21(12-14-23)25(30)27-22-5-3-6-24(17-22)32-2/h3,5-14,17H,4,15-16,18H2,1-2H3,(H,27,30). The number of nitrogens with zero attached hydrogens (tertiary/aromatic N) is 2. The van der Waals surface area contributed by atoms with Crippen molar-refractivity contribution in [2.24, 2.45) is 0 Å². The van der Waals surface area contributed by atoms with Gasteiger partial charge in [0.25, 0.3) is 5.91 Å². The molecule has 0 spiro atoms. The number of aryl methyl sites for hydroxylation is 1. The lowest BCUT2D eigenvalue weighted by molar-refractivity contribution is 0.102. The van der Waals surface area contributed by atoms with Crippen LogP contribution in [-0.4, -0.2) is 37.0 Å². The molecular formula is C26H27N3O3. The quantitative estimate of drug-likeness (QED) is 0.594. The zero-order chi connectivity index (χ0) is 22.5. The Kier molecular flexibility index (Phi) is 6.40. The molecular weight excluding hydrogens is 402 g/mol. The van der Waals surface area contributed by atoms with Gasteiger partial charge >= 0.3 is 6.03 Å². The first kappa shape index (κ1) is 21.4. The number of hydrogen-bond acceptors (Lipinski definition) is 3. The van der Waals surface area contributed by atoms with Gasteiger partial charge in [-0.25, -0.2) is 4.79 Å². The zero-order valence-electron chi connectivity index (χ0n) is 18.4. The zero-order valence-corrected chi connectivity index (χ0v) is 18.4. The number of carbonyl (C=O) groups is 2. The van der Waals surface area contributed by atoms with E-state index in [0.29, 0.717) is 30.1 Å². The molecule has 1 aliphatic rings. The van der Waals surface area contributed by atoms with Crippen LogP contribution in [0.4, 0.5) is 16.2 Å². The molecule has 3 aromatic carbocycles. The van der Waals surface area contributed by atoms with Crippen LogP contribution in [0.25, 0.3) is 0 Å². The summed E-state index contributed by atoms with van der Waals surface area (Å²) in [6.45, 7) is 4.05. The largest absolute Gasteiger partial charge is 0.497 e. The summed E-state index contributed by atoms with van der Waals surface area (Å²) in [6.07, 6.45) is 0.898. The summed E-state index contributed by atoms with van der Waals surface area (Å²) >= 11 is 0. The molecule has 3 aromatic rings. The van der Waals surface area contributed by atoms with Gasteiger partial charge in [0.15, 0.2) is 0 Å². The minimum Gasteiger partial charge on any atom is -0.497 e. The minimum atomic E-state index is -0.212. The summed E-state index contributed by atoms with van der Waals surface area (Å²) < 4.78 is 5.19. The Labute approximate surface area is 188 Å². The van der Waals surface area contributed by atoms with Crippen LogP contribution in [0.2, 0.25) is 0 Å². The predicted octanol–water partition coefficient (Wildman–Crippen LogP) is 5.09. The molecule has 0 bridgehead atoms. The van der Waals surface area contributed by atoms with Gasteiger partial charge < -0.3 is 15.0 Å². The first-order valence-corrected chi connectivity index (χ1v) is 10.7. The van der Waals surface area contributed by atoms with Crippen molar-refractivity contribution in [2.45, 2.75) is 19.9 Å². The maximum absolute atomic E-state index is 13.1. The fourth-order valence-corrected chi connectivity index (χ4v) is 3.78. The number of methoxy groups -OCH3 is 1. The molecule has 4 rings (SSSR count). The van der Waals surface area contributed by atoms with Crippen LogP contribution in [0.1, 0.15) is 27.9 Å². The fraction of sp³-hybridized carbons (Fsp3) is 0.231. The molecule has 1 fully saturated rings. The van der Waals surface area contributed by atoms with E-state index in [2.05, 4.69) is 36.5 Å². The molecule has 0 saturated carbocycles. The number of urea groups is 1. The molecule has 0 aliphatic carbocycles. The van der Waals surface area contributed by atoms with Crippen molar-refractivity contribution in [3.05, 3.63) is 89.5 Å². The van der Waals surface area contributed by atoms with E-state index in [9.17, 15) is 9.59 Å². The van der Waals surface area contributed by atoms with Crippen LogP contribution in [-0.2, 0) is 6.54 Å². The van der Waals surface area contributed by atoms with Gasteiger partial charge in [-0.1, -0.05) is 35.9 Å². The van der Waals surface area contributed by atoms with Crippen molar-refractivity contribution in [2.75, 3.05) is 30.4 Å². The number of hydrogen-bond donors (Lipinski definition) is 1. The van der Waals surface area contributed by atoms with Crippen molar-refractivity contribution in [3.63, 3.8) is 0 Å². The molecule has 0 unspecified atom stereocenters. The number of rotatable bonds is 6. The number of anilines is 2. The molecule has 164 valence electrons. The highest BCUT2D eigenvalue weighted by atomic mass is 16.5. The van der Waals surface area contributed by atoms with Crippen LogP contribution in [0.3, 0.4) is 0 Å². The molecule has 1 N–H and O–H groups in total. The smallest absolute Gasteiger partial charge is 0.324 e. The van der Waals surface area contributed by atoms with Crippen molar-refractivity contribution in [3.8, 4) is 5.75 Å². The lowest BCUT2D eigenvalue weighted by Gasteiger charge is -2.35. The maximum atomic E-state index is 13.1. The monoisotopic (exact) mass is 429 g/mol. The number of carbonyl (C=O) groups excluding carboxylic acids is 2. The number of ether oxygens (including phenoxy) is 1. The molecule has 0 radical (unpaired) electrons. The normalized spacial score (nSPS) is 13.8. The highest BCUT2D eigenvalue weighted by molar-refractivity contribution is 6.04. The predicted molar refractivity (Wildman–Crippen MR) is 126 cm³/mol. The Balaban J connectivity index is 1.42. The van der Waals surface area contributed by atoms with Crippen molar-refractivity contribution < 1.29 is 14.3 Å². The Morgan fingerprint density at radius 3 is 2.47 bits per heavy atom. The highest BCUT2D eigenvalue weighted by Crippen LogP contribution is 2.23. The third-order valence-corrected chi connectivity index (χ3v) is 5.57. The van der Waals surface area contributed by atoms with Gasteiger partial charge in [0.2, 0.25) is 0 Å². The second-order valence-corrected chi connectivity index (χ2v) is 7.93. The summed E-state index contributed by atoms with van der Waals surface area (Å²) in [4.78, 5) is 29.3. The molecule has 3 amide bonds. The van der Waals surface area contributed by atoms with Gasteiger partial charge in [-0.2, -0.15) is 0 Å². The maximum Gasteiger partial charge on any atom is 0.324 e. The van der Waals surface area contributed by atoms with E-state index in [1.165, 1.54) is 5.56 Å². The Bertz CT molecular complexity index is 1090. The molecule has 0 atom stereocenters. The van der Waals surface area contributed by atoms with E-state index >= 15 is 0 Å². The summed E-state index contributed by atoms with van der Waals surface area (Å²) in [6, 6.07) is 22.6. The topological polar surface area (TPSA) is 61.9 Å². The summed E-state index contributed by atoms with van der Waals surface area (Å²) in [5, 5.41) is 2.87. The molecule has 6 nitrogen and oxygen atoms in total. The van der Waals surface area contributed by atoms with Crippen LogP contribution < -0.4 is 15.0 Å². The van der Waals surface area contributed by atoms with Gasteiger partial charge in [-0.15, -0.1) is 0 Å². The van der Waals surface area contributed by atoms with Gasteiger partial charge in [-0.3, -0.25) is 9.69 Å². The van der Waals surface area contributed by atoms with Gasteiger partial charge in [-0.05, 0) is 55.3 Å². The molecule has 1 saturated heterocycles. The lowest BCUT2D eigenvalue weighted by atomic mass is 10.1. The van der Waals surface area contributed by atoms with Crippen LogP contribution in [0.5, 0.6) is 5.75 Å². The minimum absolute atomic E-state index is 0.00888. The number of benzene rings is 3. The van der Waals surface area contributed by atoms with Gasteiger partial charge in [0, 0.05) is 42.6 Å². The van der Waals surface area contributed by atoms with Crippen molar-refractivity contribution >= 4 is 23.3 Å². The molecule has 0 aromatic heterocycles. The fourth-order valence-electron chi connectivity index (χ4n) is 3.78. The molecule has 1 aliphatic heterocycles. The summed E-state index contributed by atoms with van der Waals surface area (Å²) in [7, 11) is 1.59. The Morgan fingerprint density at radius 1 is 1.00 bits per heavy atom. The van der Waals surface area contributed by atoms with Crippen LogP contribution in [0, 0.1) is 6.92 Å². The molecule has 6 heteroatoms. The first-order valence-electron chi connectivity index (χ1n) is 10.7. The molecule has 1 heterocycles. The second kappa shape index (κ2) is 9.56. The first-order chi connectivity index (χ1) is 15.5. The van der Waals surface area contributed by atoms with E-state index in [4.69, 9.17) is 4.74 Å². The third-order valence-electron chi connectivity index (χ3n) is 5.57. The molecule has 32 heavy (non-hydrogen) atoms. The average Bonchev–Trinajstić information content (AvgIpc) is 2.82. The van der Waals surface area contributed by atoms with E-state index in [1.807, 2.05) is 35.2 Å². The lowest BCUT2D eigenvalue weighted by Crippen LogP contribution is -2.49. The van der Waals surface area contributed by atoms with Gasteiger partial charge in [0.1, 0.15) is 5.75 Å². The second-order valence-electron chi connectivity index (χ2n) is 7.93. The van der Waals surface area contributed by atoms with Gasteiger partial charge in [0.05, 0.1) is 7.11 Å². The van der Waals surface area contributed by atoms with E-state index in [0.717, 1.165) is 24.2 Å². The van der Waals surface area contributed by atoms with Crippen LogP contribution in [0.15, 0.2) is 72.8 Å².